The molecule has 1 aromatic rings. The molecule has 0 atom stereocenters. The van der Waals surface area contributed by atoms with Crippen molar-refractivity contribution in [3.8, 4) is 5.75 Å². The van der Waals surface area contributed by atoms with E-state index in [-0.39, 0.29) is 17.9 Å². The lowest BCUT2D eigenvalue weighted by Gasteiger charge is -2.31. The maximum absolute atomic E-state index is 11.9. The van der Waals surface area contributed by atoms with Gasteiger partial charge in [-0.3, -0.25) is 4.79 Å². The highest BCUT2D eigenvalue weighted by Gasteiger charge is 2.31. The van der Waals surface area contributed by atoms with Crippen molar-refractivity contribution in [2.24, 2.45) is 11.7 Å². The second-order valence-corrected chi connectivity index (χ2v) is 4.80. The Balaban J connectivity index is 2.03. The minimum atomic E-state index is 0.0731. The molecule has 18 heavy (non-hydrogen) atoms. The summed E-state index contributed by atoms with van der Waals surface area (Å²) in [5, 5.41) is 2.94. The van der Waals surface area contributed by atoms with Crippen molar-refractivity contribution in [2.75, 3.05) is 12.4 Å². The topological polar surface area (TPSA) is 64.4 Å². The Labute approximate surface area is 108 Å². The fourth-order valence-corrected chi connectivity index (χ4v) is 2.25. The van der Waals surface area contributed by atoms with Gasteiger partial charge in [-0.1, -0.05) is 6.92 Å². The lowest BCUT2D eigenvalue weighted by molar-refractivity contribution is -0.122. The molecular formula is C14H20N2O2. The number of benzene rings is 1. The monoisotopic (exact) mass is 248 g/mol. The van der Waals surface area contributed by atoms with Crippen LogP contribution in [0.5, 0.6) is 5.75 Å². The van der Waals surface area contributed by atoms with Gasteiger partial charge in [0.1, 0.15) is 5.75 Å². The third-order valence-corrected chi connectivity index (χ3v) is 3.47. The van der Waals surface area contributed by atoms with Gasteiger partial charge in [0.15, 0.2) is 0 Å². The van der Waals surface area contributed by atoms with E-state index < -0.39 is 0 Å². The van der Waals surface area contributed by atoms with Crippen LogP contribution in [0.3, 0.4) is 0 Å². The van der Waals surface area contributed by atoms with Gasteiger partial charge in [0.25, 0.3) is 0 Å². The van der Waals surface area contributed by atoms with Crippen molar-refractivity contribution >= 4 is 11.6 Å². The first kappa shape index (κ1) is 12.9. The standard InChI is InChI=1S/C14H20N2O2/c1-3-9-8-12(4-5-13(9)18-2)16-14(17)10-6-11(15)7-10/h4-5,8,10-11H,3,6-7,15H2,1-2H3,(H,16,17). The number of hydrogen-bond donors (Lipinski definition) is 2. The normalized spacial score (nSPS) is 22.2. The predicted octanol–water partition coefficient (Wildman–Crippen LogP) is 1.93. The maximum atomic E-state index is 11.9. The summed E-state index contributed by atoms with van der Waals surface area (Å²) in [5.74, 6) is 1.01. The quantitative estimate of drug-likeness (QED) is 0.855. The fourth-order valence-electron chi connectivity index (χ4n) is 2.25. The molecule has 98 valence electrons. The number of nitrogens with one attached hydrogen (secondary N) is 1. The van der Waals surface area contributed by atoms with E-state index in [9.17, 15) is 4.79 Å². The van der Waals surface area contributed by atoms with Crippen molar-refractivity contribution in [2.45, 2.75) is 32.2 Å². The number of rotatable bonds is 4. The molecule has 0 radical (unpaired) electrons. The minimum absolute atomic E-state index is 0.0731. The van der Waals surface area contributed by atoms with Crippen LogP contribution in [0.2, 0.25) is 0 Å². The summed E-state index contributed by atoms with van der Waals surface area (Å²) in [5.41, 5.74) is 7.62. The average molecular weight is 248 g/mol. The summed E-state index contributed by atoms with van der Waals surface area (Å²) in [6, 6.07) is 5.92. The molecular weight excluding hydrogens is 228 g/mol. The third-order valence-electron chi connectivity index (χ3n) is 3.47. The summed E-state index contributed by atoms with van der Waals surface area (Å²) >= 11 is 0. The molecule has 4 heteroatoms. The molecule has 4 nitrogen and oxygen atoms in total. The molecule has 1 aliphatic carbocycles. The van der Waals surface area contributed by atoms with Crippen LogP contribution in [0.4, 0.5) is 5.69 Å². The molecule has 0 unspecified atom stereocenters. The lowest BCUT2D eigenvalue weighted by Crippen LogP contribution is -2.42. The van der Waals surface area contributed by atoms with Crippen LogP contribution in [0.15, 0.2) is 18.2 Å². The van der Waals surface area contributed by atoms with Crippen molar-refractivity contribution in [1.82, 2.24) is 0 Å². The Morgan fingerprint density at radius 3 is 2.78 bits per heavy atom. The lowest BCUT2D eigenvalue weighted by atomic mass is 9.80. The summed E-state index contributed by atoms with van der Waals surface area (Å²) in [6.45, 7) is 2.06. The SMILES string of the molecule is CCc1cc(NC(=O)C2CC(N)C2)ccc1OC. The van der Waals surface area contributed by atoms with Crippen molar-refractivity contribution < 1.29 is 9.53 Å². The molecule has 0 bridgehead atoms. The number of nitrogens with two attached hydrogens (primary N) is 1. The van der Waals surface area contributed by atoms with Crippen molar-refractivity contribution in [3.05, 3.63) is 23.8 Å². The molecule has 0 aliphatic heterocycles. The van der Waals surface area contributed by atoms with E-state index in [0.29, 0.717) is 0 Å². The van der Waals surface area contributed by atoms with Gasteiger partial charge in [-0.2, -0.15) is 0 Å². The zero-order chi connectivity index (χ0) is 13.1. The Bertz CT molecular complexity index is 439. The second-order valence-electron chi connectivity index (χ2n) is 4.80. The van der Waals surface area contributed by atoms with Crippen LogP contribution in [-0.4, -0.2) is 19.1 Å². The summed E-state index contributed by atoms with van der Waals surface area (Å²) in [6.07, 6.45) is 2.46. The number of carbonyl (C=O) groups excluding carboxylic acids is 1. The zero-order valence-electron chi connectivity index (χ0n) is 10.9. The minimum Gasteiger partial charge on any atom is -0.496 e. The highest BCUT2D eigenvalue weighted by Crippen LogP contribution is 2.28. The summed E-state index contributed by atoms with van der Waals surface area (Å²) in [4.78, 5) is 11.9. The Kier molecular flexibility index (Phi) is 3.87. The largest absolute Gasteiger partial charge is 0.496 e. The van der Waals surface area contributed by atoms with Gasteiger partial charge < -0.3 is 15.8 Å². The Morgan fingerprint density at radius 1 is 1.50 bits per heavy atom. The molecule has 1 saturated carbocycles. The van der Waals surface area contributed by atoms with Crippen LogP contribution in [0, 0.1) is 5.92 Å². The van der Waals surface area contributed by atoms with Gasteiger partial charge in [0.2, 0.25) is 5.91 Å². The zero-order valence-corrected chi connectivity index (χ0v) is 10.9. The number of hydrogen-bond acceptors (Lipinski definition) is 3. The molecule has 1 amide bonds. The van der Waals surface area contributed by atoms with E-state index in [1.807, 2.05) is 18.2 Å². The molecule has 3 N–H and O–H groups in total. The maximum Gasteiger partial charge on any atom is 0.227 e. The van der Waals surface area contributed by atoms with Crippen molar-refractivity contribution in [3.63, 3.8) is 0 Å². The van der Waals surface area contributed by atoms with Crippen LogP contribution >= 0.6 is 0 Å². The number of methoxy groups -OCH3 is 1. The molecule has 2 rings (SSSR count). The number of amides is 1. The van der Waals surface area contributed by atoms with Crippen LogP contribution < -0.4 is 15.8 Å². The van der Waals surface area contributed by atoms with Gasteiger partial charge >= 0.3 is 0 Å². The summed E-state index contributed by atoms with van der Waals surface area (Å²) in [7, 11) is 1.66. The third kappa shape index (κ3) is 2.64. The predicted molar refractivity (Wildman–Crippen MR) is 71.7 cm³/mol. The van der Waals surface area contributed by atoms with Gasteiger partial charge in [-0.25, -0.2) is 0 Å². The van der Waals surface area contributed by atoms with E-state index in [0.717, 1.165) is 36.3 Å². The van der Waals surface area contributed by atoms with E-state index in [1.165, 1.54) is 0 Å². The molecule has 1 aromatic carbocycles. The number of carbonyl (C=O) groups is 1. The molecule has 1 aliphatic rings. The van der Waals surface area contributed by atoms with Gasteiger partial charge in [0, 0.05) is 17.6 Å². The number of ether oxygens (including phenoxy) is 1. The Morgan fingerprint density at radius 2 is 2.22 bits per heavy atom. The van der Waals surface area contributed by atoms with E-state index in [2.05, 4.69) is 12.2 Å². The van der Waals surface area contributed by atoms with Gasteiger partial charge in [-0.15, -0.1) is 0 Å². The average Bonchev–Trinajstić information content (AvgIpc) is 2.34. The van der Waals surface area contributed by atoms with E-state index in [1.54, 1.807) is 7.11 Å². The van der Waals surface area contributed by atoms with Crippen LogP contribution in [0.25, 0.3) is 0 Å². The summed E-state index contributed by atoms with van der Waals surface area (Å²) < 4.78 is 5.26. The van der Waals surface area contributed by atoms with Crippen LogP contribution in [0.1, 0.15) is 25.3 Å². The molecule has 1 fully saturated rings. The first-order chi connectivity index (χ1) is 8.63. The molecule has 0 spiro atoms. The molecule has 0 heterocycles. The first-order valence-electron chi connectivity index (χ1n) is 6.37. The number of anilines is 1. The number of aryl methyl sites for hydroxylation is 1. The van der Waals surface area contributed by atoms with E-state index in [4.69, 9.17) is 10.5 Å². The Hall–Kier alpha value is -1.55. The fraction of sp³-hybridized carbons (Fsp3) is 0.500. The highest BCUT2D eigenvalue weighted by molar-refractivity contribution is 5.93. The molecule has 0 saturated heterocycles. The second kappa shape index (κ2) is 5.40. The van der Waals surface area contributed by atoms with Gasteiger partial charge in [0.05, 0.1) is 7.11 Å². The first-order valence-corrected chi connectivity index (χ1v) is 6.37. The van der Waals surface area contributed by atoms with Crippen molar-refractivity contribution in [1.29, 1.82) is 0 Å². The van der Waals surface area contributed by atoms with Crippen LogP contribution in [-0.2, 0) is 11.2 Å². The van der Waals surface area contributed by atoms with Gasteiger partial charge in [-0.05, 0) is 43.0 Å². The van der Waals surface area contributed by atoms with E-state index >= 15 is 0 Å². The smallest absolute Gasteiger partial charge is 0.227 e. The molecule has 0 aromatic heterocycles. The highest BCUT2D eigenvalue weighted by atomic mass is 16.5.